The van der Waals surface area contributed by atoms with Crippen LogP contribution < -0.4 is 4.72 Å². The lowest BCUT2D eigenvalue weighted by Crippen LogP contribution is -2.79. The number of Topliss-reactive ketones (excluding diaryl/α,β-unsaturated/α-hetero) is 1. The van der Waals surface area contributed by atoms with Crippen molar-refractivity contribution >= 4 is 39.7 Å². The number of methoxy groups -OCH3 is 1. The zero-order valence-corrected chi connectivity index (χ0v) is 28.0. The number of rotatable bonds is 8. The Labute approximate surface area is 272 Å². The predicted octanol–water partition coefficient (Wildman–Crippen LogP) is -0.170. The number of ketones is 1. The van der Waals surface area contributed by atoms with Crippen LogP contribution in [-0.4, -0.2) is 104 Å². The summed E-state index contributed by atoms with van der Waals surface area (Å²) < 4.78 is 53.6. The Morgan fingerprint density at radius 3 is 2.43 bits per heavy atom. The second kappa shape index (κ2) is 11.8. The highest BCUT2D eigenvalue weighted by atomic mass is 32.2. The molecule has 47 heavy (non-hydrogen) atoms. The van der Waals surface area contributed by atoms with E-state index in [1.807, 2.05) is 0 Å². The number of esters is 4. The number of ether oxygens (including phenoxy) is 5. The molecule has 2 heterocycles. The minimum Gasteiger partial charge on any atom is -0.467 e. The average Bonchev–Trinajstić information content (AvgIpc) is 3.24. The Morgan fingerprint density at radius 2 is 1.83 bits per heavy atom. The molecule has 2 saturated carbocycles. The molecule has 3 aliphatic carbocycles. The first kappa shape index (κ1) is 35.1. The van der Waals surface area contributed by atoms with E-state index in [0.717, 1.165) is 19.4 Å². The number of carbonyl (C=O) groups excluding carboxylic acids is 5. The number of sulfonamides is 1. The van der Waals surface area contributed by atoms with Gasteiger partial charge in [-0.25, -0.2) is 27.5 Å². The Hall–Kier alpha value is -3.18. The molecule has 1 unspecified atom stereocenters. The molecular formula is C31H41NO14S. The third kappa shape index (κ3) is 5.32. The number of aliphatic hydroxyl groups is 2. The maximum atomic E-state index is 13.8. The number of carbonyl (C=O) groups is 5. The zero-order valence-electron chi connectivity index (χ0n) is 27.2. The predicted molar refractivity (Wildman–Crippen MR) is 158 cm³/mol. The molecule has 260 valence electrons. The fraction of sp³-hybridized carbons (Fsp3) is 0.710. The summed E-state index contributed by atoms with van der Waals surface area (Å²) >= 11 is 0. The summed E-state index contributed by atoms with van der Waals surface area (Å²) in [7, 11) is -2.54. The molecule has 1 spiro atoms. The van der Waals surface area contributed by atoms with E-state index < -0.39 is 104 Å². The Morgan fingerprint density at radius 1 is 1.17 bits per heavy atom. The Balaban J connectivity index is 1.59. The van der Waals surface area contributed by atoms with Crippen LogP contribution in [0, 0.1) is 28.6 Å². The summed E-state index contributed by atoms with van der Waals surface area (Å²) in [6.45, 7) is 7.78. The van der Waals surface area contributed by atoms with Crippen molar-refractivity contribution in [2.24, 2.45) is 28.6 Å². The molecular weight excluding hydrogens is 642 g/mol. The molecule has 5 aliphatic rings. The number of hydrogen-bond acceptors (Lipinski definition) is 14. The zero-order chi connectivity index (χ0) is 35.0. The lowest BCUT2D eigenvalue weighted by atomic mass is 9.38. The van der Waals surface area contributed by atoms with Crippen LogP contribution in [0.15, 0.2) is 23.0 Å². The van der Waals surface area contributed by atoms with E-state index in [9.17, 15) is 42.6 Å². The van der Waals surface area contributed by atoms with E-state index in [1.165, 1.54) is 6.92 Å². The highest BCUT2D eigenvalue weighted by Crippen LogP contribution is 2.72. The van der Waals surface area contributed by atoms with Crippen LogP contribution in [0.4, 0.5) is 0 Å². The molecule has 4 fully saturated rings. The lowest BCUT2D eigenvalue weighted by Gasteiger charge is -2.67. The van der Waals surface area contributed by atoms with Crippen molar-refractivity contribution in [2.45, 2.75) is 89.9 Å². The first-order valence-electron chi connectivity index (χ1n) is 15.3. The molecule has 0 radical (unpaired) electrons. The molecule has 11 atom stereocenters. The van der Waals surface area contributed by atoms with E-state index >= 15 is 0 Å². The molecule has 0 aromatic heterocycles. The van der Waals surface area contributed by atoms with Gasteiger partial charge >= 0.3 is 23.9 Å². The Kier molecular flexibility index (Phi) is 8.79. The first-order valence-corrected chi connectivity index (χ1v) is 17.2. The van der Waals surface area contributed by atoms with Gasteiger partial charge < -0.3 is 33.9 Å². The van der Waals surface area contributed by atoms with Crippen LogP contribution in [0.2, 0.25) is 0 Å². The molecule has 16 heteroatoms. The van der Waals surface area contributed by atoms with Crippen LogP contribution in [0.25, 0.3) is 0 Å². The first-order chi connectivity index (χ1) is 21.7. The van der Waals surface area contributed by atoms with Crippen molar-refractivity contribution in [2.75, 3.05) is 20.0 Å². The van der Waals surface area contributed by atoms with Crippen molar-refractivity contribution in [3.8, 4) is 0 Å². The molecule has 0 aromatic rings. The Bertz CT molecular complexity index is 1580. The van der Waals surface area contributed by atoms with E-state index in [0.29, 0.717) is 11.1 Å². The molecule has 0 amide bonds. The number of fused-ring (bicyclic) bond motifs is 2. The molecule has 0 aromatic carbocycles. The lowest BCUT2D eigenvalue weighted by molar-refractivity contribution is -0.290. The van der Waals surface area contributed by atoms with Gasteiger partial charge in [0, 0.05) is 29.9 Å². The monoisotopic (exact) mass is 683 g/mol. The number of hydrogen-bond donors (Lipinski definition) is 3. The van der Waals surface area contributed by atoms with E-state index in [-0.39, 0.29) is 31.6 Å². The second-order valence-corrected chi connectivity index (χ2v) is 15.7. The summed E-state index contributed by atoms with van der Waals surface area (Å²) in [6, 6.07) is -0.814. The van der Waals surface area contributed by atoms with Gasteiger partial charge in [0.1, 0.15) is 12.2 Å². The van der Waals surface area contributed by atoms with Gasteiger partial charge in [-0.05, 0) is 51.0 Å². The molecule has 2 aliphatic heterocycles. The van der Waals surface area contributed by atoms with Crippen LogP contribution in [0.3, 0.4) is 0 Å². The quantitative estimate of drug-likeness (QED) is 0.172. The molecule has 3 N–H and O–H groups in total. The summed E-state index contributed by atoms with van der Waals surface area (Å²) in [5.41, 5.74) is -3.97. The summed E-state index contributed by atoms with van der Waals surface area (Å²) in [6.07, 6.45) is -4.91. The molecule has 15 nitrogen and oxygen atoms in total. The minimum atomic E-state index is -3.61. The van der Waals surface area contributed by atoms with Gasteiger partial charge in [-0.15, -0.1) is 0 Å². The smallest absolute Gasteiger partial charge is 0.348 e. The van der Waals surface area contributed by atoms with Crippen molar-refractivity contribution in [3.05, 3.63) is 23.0 Å². The maximum absolute atomic E-state index is 13.8. The fourth-order valence-electron chi connectivity index (χ4n) is 9.19. The topological polar surface area (TPSA) is 218 Å². The van der Waals surface area contributed by atoms with Crippen molar-refractivity contribution in [1.82, 2.24) is 4.72 Å². The third-order valence-corrected chi connectivity index (χ3v) is 11.4. The molecule has 2 saturated heterocycles. The number of allylic oxidation sites excluding steroid dienone is 3. The number of aliphatic hydroxyl groups excluding tert-OH is 2. The van der Waals surface area contributed by atoms with Gasteiger partial charge in [0.25, 0.3) is 0 Å². The van der Waals surface area contributed by atoms with Gasteiger partial charge in [0.2, 0.25) is 21.7 Å². The minimum absolute atomic E-state index is 0.0551. The van der Waals surface area contributed by atoms with Crippen molar-refractivity contribution in [3.63, 3.8) is 0 Å². The average molecular weight is 684 g/mol. The normalized spacial score (nSPS) is 39.6. The van der Waals surface area contributed by atoms with Gasteiger partial charge in [-0.3, -0.25) is 9.59 Å². The SMILES string of the molecule is COC(=O)[C@@]12OC[C@]34C([C@@H](O)[C@@H]1O)[C@@]1(C)CC(=O)C(OC(=O)C[C@H](C)NS(C)(=O)=O)=C(C)[C@@H]1C[C@H]3OC(=O)[C@H](OC(=O)C=C(C)C)[C@@H]24. The van der Waals surface area contributed by atoms with Crippen LogP contribution in [-0.2, 0) is 57.7 Å². The standard InChI is InChI=1S/C31H41NO14S/c1-13(2)8-19(34)46-23-25-30-12-43-31(25,28(39)42-6)26(37)21(36)24(30)29(5)11-17(33)22(15(4)16(29)10-18(30)44-27(23)38)45-20(35)9-14(3)32-47(7,40)41/h8,14,16,18,21,23-26,32,36-37H,9-12H2,1-7H3/t14-,16-,18+,21+,23+,24?,25+,26-,29-,30+,31-/m0/s1. The summed E-state index contributed by atoms with van der Waals surface area (Å²) in [5, 5.41) is 23.6. The van der Waals surface area contributed by atoms with Crippen LogP contribution in [0.5, 0.6) is 0 Å². The summed E-state index contributed by atoms with van der Waals surface area (Å²) in [5.74, 6) is -7.64. The maximum Gasteiger partial charge on any atom is 0.348 e. The van der Waals surface area contributed by atoms with Crippen LogP contribution >= 0.6 is 0 Å². The highest BCUT2D eigenvalue weighted by Gasteiger charge is 2.85. The van der Waals surface area contributed by atoms with Crippen molar-refractivity contribution < 1.29 is 66.3 Å². The van der Waals surface area contributed by atoms with E-state index in [1.54, 1.807) is 27.7 Å². The van der Waals surface area contributed by atoms with Gasteiger partial charge in [-0.2, -0.15) is 0 Å². The van der Waals surface area contributed by atoms with E-state index in [2.05, 4.69) is 4.72 Å². The third-order valence-electron chi connectivity index (χ3n) is 10.6. The fourth-order valence-corrected chi connectivity index (χ4v) is 10.0. The van der Waals surface area contributed by atoms with Crippen molar-refractivity contribution in [1.29, 1.82) is 0 Å². The molecule has 5 rings (SSSR count). The van der Waals surface area contributed by atoms with E-state index in [4.69, 9.17) is 23.7 Å². The number of nitrogens with one attached hydrogen (secondary N) is 1. The molecule has 2 bridgehead atoms. The second-order valence-electron chi connectivity index (χ2n) is 14.0. The van der Waals surface area contributed by atoms with Crippen LogP contribution in [0.1, 0.15) is 53.9 Å². The summed E-state index contributed by atoms with van der Waals surface area (Å²) in [4.78, 5) is 66.5. The van der Waals surface area contributed by atoms with Gasteiger partial charge in [-0.1, -0.05) is 12.5 Å². The van der Waals surface area contributed by atoms with Gasteiger partial charge in [0.05, 0.1) is 38.4 Å². The largest absolute Gasteiger partial charge is 0.467 e. The van der Waals surface area contributed by atoms with Gasteiger partial charge in [0.15, 0.2) is 11.5 Å². The highest BCUT2D eigenvalue weighted by molar-refractivity contribution is 7.88.